The lowest BCUT2D eigenvalue weighted by atomic mass is 10.3. The zero-order valence-electron chi connectivity index (χ0n) is 9.00. The zero-order valence-corrected chi connectivity index (χ0v) is 11.3. The van der Waals surface area contributed by atoms with Gasteiger partial charge in [0, 0.05) is 17.6 Å². The fourth-order valence-electron chi connectivity index (χ4n) is 1.68. The topological polar surface area (TPSA) is 29.3 Å². The summed E-state index contributed by atoms with van der Waals surface area (Å²) in [6, 6.07) is 3.80. The Bertz CT molecular complexity index is 495. The molecule has 2 heterocycles. The van der Waals surface area contributed by atoms with Crippen LogP contribution in [-0.4, -0.2) is 23.0 Å². The Morgan fingerprint density at radius 2 is 2.38 bits per heavy atom. The molecule has 0 saturated carbocycles. The maximum atomic E-state index is 5.95. The van der Waals surface area contributed by atoms with Crippen molar-refractivity contribution in [2.75, 3.05) is 13.6 Å². The zero-order chi connectivity index (χ0) is 11.5. The second kappa shape index (κ2) is 5.17. The average molecular weight is 303 g/mol. The Balaban J connectivity index is 2.32. The highest BCUT2D eigenvalue weighted by Crippen LogP contribution is 2.22. The highest BCUT2D eigenvalue weighted by atomic mass is 79.9. The van der Waals surface area contributed by atoms with Crippen LogP contribution in [0.5, 0.6) is 0 Å². The molecule has 0 aliphatic rings. The Labute approximate surface area is 108 Å². The third-order valence-corrected chi connectivity index (χ3v) is 3.28. The van der Waals surface area contributed by atoms with E-state index in [0.29, 0.717) is 0 Å². The van der Waals surface area contributed by atoms with Crippen molar-refractivity contribution in [2.45, 2.75) is 12.8 Å². The molecule has 0 aromatic carbocycles. The number of aryl methyl sites for hydroxylation is 1. The number of hydrogen-bond acceptors (Lipinski definition) is 2. The maximum absolute atomic E-state index is 5.95. The number of fused-ring (bicyclic) bond motifs is 1. The number of imidazole rings is 1. The van der Waals surface area contributed by atoms with Crippen LogP contribution in [0.1, 0.15) is 12.2 Å². The third-order valence-electron chi connectivity index (χ3n) is 2.46. The first-order chi connectivity index (χ1) is 7.72. The Kier molecular flexibility index (Phi) is 3.84. The smallest absolute Gasteiger partial charge is 0.132 e. The molecule has 16 heavy (non-hydrogen) atoms. The van der Waals surface area contributed by atoms with Gasteiger partial charge in [0.05, 0.1) is 5.52 Å². The van der Waals surface area contributed by atoms with Crippen molar-refractivity contribution < 1.29 is 0 Å². The van der Waals surface area contributed by atoms with Crippen LogP contribution < -0.4 is 5.32 Å². The standard InChI is InChI=1S/C11H13BrClN3/c1-14-5-2-3-10-15-11(12)9-7-8(13)4-6-16(9)10/h4,6-7,14H,2-3,5H2,1H3. The normalized spacial score (nSPS) is 11.2. The van der Waals surface area contributed by atoms with Gasteiger partial charge in [0.25, 0.3) is 0 Å². The summed E-state index contributed by atoms with van der Waals surface area (Å²) in [7, 11) is 1.96. The van der Waals surface area contributed by atoms with Gasteiger partial charge in [-0.05, 0) is 48.1 Å². The molecule has 0 amide bonds. The van der Waals surface area contributed by atoms with Crippen LogP contribution >= 0.6 is 27.5 Å². The van der Waals surface area contributed by atoms with E-state index in [1.54, 1.807) is 0 Å². The molecular formula is C11H13BrClN3. The first kappa shape index (κ1) is 11.9. The lowest BCUT2D eigenvalue weighted by Gasteiger charge is -2.01. The predicted molar refractivity (Wildman–Crippen MR) is 70.1 cm³/mol. The van der Waals surface area contributed by atoms with Crippen LogP contribution in [0.4, 0.5) is 0 Å². The number of nitrogens with one attached hydrogen (secondary N) is 1. The van der Waals surface area contributed by atoms with Gasteiger partial charge in [-0.2, -0.15) is 0 Å². The van der Waals surface area contributed by atoms with E-state index >= 15 is 0 Å². The summed E-state index contributed by atoms with van der Waals surface area (Å²) in [5.41, 5.74) is 1.02. The van der Waals surface area contributed by atoms with Crippen molar-refractivity contribution in [2.24, 2.45) is 0 Å². The molecule has 0 saturated heterocycles. The quantitative estimate of drug-likeness (QED) is 0.880. The molecule has 5 heteroatoms. The van der Waals surface area contributed by atoms with Crippen LogP contribution in [0.3, 0.4) is 0 Å². The number of hydrogen-bond donors (Lipinski definition) is 1. The van der Waals surface area contributed by atoms with Crippen LogP contribution in [0, 0.1) is 0 Å². The van der Waals surface area contributed by atoms with Gasteiger partial charge in [0.2, 0.25) is 0 Å². The molecule has 2 aromatic rings. The fourth-order valence-corrected chi connectivity index (χ4v) is 2.35. The molecule has 0 atom stereocenters. The van der Waals surface area contributed by atoms with Crippen LogP contribution in [0.15, 0.2) is 22.9 Å². The molecule has 0 aliphatic heterocycles. The van der Waals surface area contributed by atoms with E-state index in [1.807, 2.05) is 25.4 Å². The summed E-state index contributed by atoms with van der Waals surface area (Å²) in [5, 5.41) is 3.86. The van der Waals surface area contributed by atoms with Crippen molar-refractivity contribution >= 4 is 33.0 Å². The second-order valence-corrected chi connectivity index (χ2v) is 4.81. The molecule has 0 spiro atoms. The van der Waals surface area contributed by atoms with E-state index in [2.05, 4.69) is 30.6 Å². The van der Waals surface area contributed by atoms with Gasteiger partial charge in [0.1, 0.15) is 10.4 Å². The summed E-state index contributed by atoms with van der Waals surface area (Å²) >= 11 is 9.41. The van der Waals surface area contributed by atoms with Crippen LogP contribution in [-0.2, 0) is 6.42 Å². The van der Waals surface area contributed by atoms with Crippen molar-refractivity contribution in [3.05, 3.63) is 33.8 Å². The van der Waals surface area contributed by atoms with Gasteiger partial charge in [-0.3, -0.25) is 0 Å². The van der Waals surface area contributed by atoms with Gasteiger partial charge >= 0.3 is 0 Å². The van der Waals surface area contributed by atoms with Gasteiger partial charge in [-0.25, -0.2) is 4.98 Å². The molecule has 0 unspecified atom stereocenters. The number of aromatic nitrogens is 2. The molecule has 0 bridgehead atoms. The molecular weight excluding hydrogens is 289 g/mol. The highest BCUT2D eigenvalue weighted by Gasteiger charge is 2.08. The van der Waals surface area contributed by atoms with E-state index in [9.17, 15) is 0 Å². The highest BCUT2D eigenvalue weighted by molar-refractivity contribution is 9.10. The molecule has 0 radical (unpaired) electrons. The first-order valence-corrected chi connectivity index (χ1v) is 6.36. The molecule has 2 rings (SSSR count). The lowest BCUT2D eigenvalue weighted by Crippen LogP contribution is -2.09. The third kappa shape index (κ3) is 2.39. The van der Waals surface area contributed by atoms with Crippen LogP contribution in [0.2, 0.25) is 5.02 Å². The average Bonchev–Trinajstić information content (AvgIpc) is 2.56. The monoisotopic (exact) mass is 301 g/mol. The fraction of sp³-hybridized carbons (Fsp3) is 0.364. The summed E-state index contributed by atoms with van der Waals surface area (Å²) < 4.78 is 2.93. The Morgan fingerprint density at radius 1 is 1.56 bits per heavy atom. The first-order valence-electron chi connectivity index (χ1n) is 5.19. The van der Waals surface area contributed by atoms with E-state index in [1.165, 1.54) is 0 Å². The number of rotatable bonds is 4. The van der Waals surface area contributed by atoms with E-state index in [4.69, 9.17) is 11.6 Å². The lowest BCUT2D eigenvalue weighted by molar-refractivity contribution is 0.700. The summed E-state index contributed by atoms with van der Waals surface area (Å²) in [5.74, 6) is 1.06. The molecule has 2 aromatic heterocycles. The van der Waals surface area contributed by atoms with Crippen molar-refractivity contribution in [1.82, 2.24) is 14.7 Å². The SMILES string of the molecule is CNCCCc1nc(Br)c2cc(Cl)ccn12. The molecule has 0 fully saturated rings. The van der Waals surface area contributed by atoms with E-state index in [0.717, 1.165) is 40.4 Å². The van der Waals surface area contributed by atoms with Gasteiger partial charge in [0.15, 0.2) is 0 Å². The van der Waals surface area contributed by atoms with Crippen molar-refractivity contribution in [3.63, 3.8) is 0 Å². The van der Waals surface area contributed by atoms with Gasteiger partial charge < -0.3 is 9.72 Å². The minimum Gasteiger partial charge on any atom is -0.320 e. The largest absolute Gasteiger partial charge is 0.320 e. The van der Waals surface area contributed by atoms with Crippen molar-refractivity contribution in [1.29, 1.82) is 0 Å². The summed E-state index contributed by atoms with van der Waals surface area (Å²) in [4.78, 5) is 4.50. The maximum Gasteiger partial charge on any atom is 0.132 e. The summed E-state index contributed by atoms with van der Waals surface area (Å²) in [6.45, 7) is 1.00. The minimum atomic E-state index is 0.731. The molecule has 3 nitrogen and oxygen atoms in total. The minimum absolute atomic E-state index is 0.731. The van der Waals surface area contributed by atoms with Crippen molar-refractivity contribution in [3.8, 4) is 0 Å². The number of nitrogens with zero attached hydrogens (tertiary/aromatic N) is 2. The number of pyridine rings is 1. The molecule has 0 aliphatic carbocycles. The summed E-state index contributed by atoms with van der Waals surface area (Å²) in [6.07, 6.45) is 3.99. The predicted octanol–water partition coefficient (Wildman–Crippen LogP) is 2.90. The van der Waals surface area contributed by atoms with Gasteiger partial charge in [-0.1, -0.05) is 11.6 Å². The molecule has 86 valence electrons. The Morgan fingerprint density at radius 3 is 3.12 bits per heavy atom. The van der Waals surface area contributed by atoms with Gasteiger partial charge in [-0.15, -0.1) is 0 Å². The van der Waals surface area contributed by atoms with Crippen LogP contribution in [0.25, 0.3) is 5.52 Å². The van der Waals surface area contributed by atoms with E-state index in [-0.39, 0.29) is 0 Å². The second-order valence-electron chi connectivity index (χ2n) is 3.63. The Hall–Kier alpha value is -0.580. The number of halogens is 2. The molecule has 1 N–H and O–H groups in total. The van der Waals surface area contributed by atoms with E-state index < -0.39 is 0 Å².